The van der Waals surface area contributed by atoms with Crippen LogP contribution in [0.5, 0.6) is 6.01 Å². The molecule has 0 spiro atoms. The standard InChI is InChI=1S/C28H38N8O2/c1-6-22-29-20-9-7-8-10-21(20)36(22)26-31-24-23(25(32-26)34-15-17-37-18-16-34)30-27(33(24)5)38-19-11-13-35(14-12-19)28(2,3)4/h7-10,19H,6,11-18H2,1-5H3. The van der Waals surface area contributed by atoms with Crippen molar-refractivity contribution in [2.24, 2.45) is 7.05 Å². The minimum absolute atomic E-state index is 0.132. The number of hydrogen-bond acceptors (Lipinski definition) is 8. The molecule has 0 amide bonds. The Hall–Kier alpha value is -3.24. The van der Waals surface area contributed by atoms with Gasteiger partial charge in [0, 0.05) is 45.2 Å². The monoisotopic (exact) mass is 518 g/mol. The summed E-state index contributed by atoms with van der Waals surface area (Å²) < 4.78 is 16.2. The number of aryl methyl sites for hydroxylation is 2. The number of nitrogens with zero attached hydrogens (tertiary/aromatic N) is 8. The van der Waals surface area contributed by atoms with Crippen molar-refractivity contribution in [3.63, 3.8) is 0 Å². The molecular formula is C28H38N8O2. The highest BCUT2D eigenvalue weighted by molar-refractivity contribution is 5.86. The third kappa shape index (κ3) is 4.49. The van der Waals surface area contributed by atoms with Crippen LogP contribution < -0.4 is 9.64 Å². The van der Waals surface area contributed by atoms with Gasteiger partial charge in [0.1, 0.15) is 11.9 Å². The van der Waals surface area contributed by atoms with E-state index in [0.717, 1.165) is 79.3 Å². The topological polar surface area (TPSA) is 86.4 Å². The van der Waals surface area contributed by atoms with E-state index in [1.165, 1.54) is 0 Å². The molecule has 10 heteroatoms. The number of rotatable bonds is 5. The number of piperidine rings is 1. The number of fused-ring (bicyclic) bond motifs is 2. The van der Waals surface area contributed by atoms with E-state index >= 15 is 0 Å². The second-order valence-corrected chi connectivity index (χ2v) is 11.3. The minimum Gasteiger partial charge on any atom is -0.461 e. The fourth-order valence-corrected chi connectivity index (χ4v) is 5.55. The first kappa shape index (κ1) is 25.1. The van der Waals surface area contributed by atoms with E-state index < -0.39 is 0 Å². The molecule has 0 N–H and O–H groups in total. The van der Waals surface area contributed by atoms with E-state index in [0.29, 0.717) is 25.2 Å². The van der Waals surface area contributed by atoms with Crippen molar-refractivity contribution in [1.29, 1.82) is 0 Å². The van der Waals surface area contributed by atoms with Gasteiger partial charge in [0.15, 0.2) is 17.0 Å². The minimum atomic E-state index is 0.132. The summed E-state index contributed by atoms with van der Waals surface area (Å²) in [4.78, 5) is 24.8. The van der Waals surface area contributed by atoms with E-state index in [2.05, 4.69) is 48.1 Å². The molecule has 0 unspecified atom stereocenters. The molecule has 2 aliphatic heterocycles. The molecule has 10 nitrogen and oxygen atoms in total. The molecule has 2 saturated heterocycles. The van der Waals surface area contributed by atoms with Gasteiger partial charge in [-0.25, -0.2) is 4.98 Å². The van der Waals surface area contributed by atoms with Crippen LogP contribution >= 0.6 is 0 Å². The van der Waals surface area contributed by atoms with E-state index in [1.807, 2.05) is 29.8 Å². The molecule has 2 fully saturated rings. The van der Waals surface area contributed by atoms with Crippen molar-refractivity contribution in [2.45, 2.75) is 58.6 Å². The summed E-state index contributed by atoms with van der Waals surface area (Å²) >= 11 is 0. The molecule has 38 heavy (non-hydrogen) atoms. The third-order valence-electron chi connectivity index (χ3n) is 7.77. The maximum absolute atomic E-state index is 6.52. The number of likely N-dealkylation sites (tertiary alicyclic amines) is 1. The smallest absolute Gasteiger partial charge is 0.298 e. The highest BCUT2D eigenvalue weighted by Crippen LogP contribution is 2.31. The predicted molar refractivity (Wildman–Crippen MR) is 148 cm³/mol. The number of ether oxygens (including phenoxy) is 2. The van der Waals surface area contributed by atoms with Crippen LogP contribution in [0.15, 0.2) is 24.3 Å². The summed E-state index contributed by atoms with van der Waals surface area (Å²) in [5.41, 5.74) is 3.65. The average Bonchev–Trinajstić information content (AvgIpc) is 3.46. The van der Waals surface area contributed by atoms with Crippen LogP contribution in [-0.2, 0) is 18.2 Å². The molecular weight excluding hydrogens is 480 g/mol. The highest BCUT2D eigenvalue weighted by Gasteiger charge is 2.30. The summed E-state index contributed by atoms with van der Waals surface area (Å²) in [6, 6.07) is 8.75. The lowest BCUT2D eigenvalue weighted by atomic mass is 9.99. The Morgan fingerprint density at radius 2 is 1.71 bits per heavy atom. The van der Waals surface area contributed by atoms with Crippen molar-refractivity contribution in [2.75, 3.05) is 44.3 Å². The summed E-state index contributed by atoms with van der Waals surface area (Å²) in [5, 5.41) is 0. The van der Waals surface area contributed by atoms with Crippen molar-refractivity contribution < 1.29 is 9.47 Å². The van der Waals surface area contributed by atoms with E-state index in [-0.39, 0.29) is 11.6 Å². The molecule has 2 aliphatic rings. The van der Waals surface area contributed by atoms with Crippen molar-refractivity contribution in [1.82, 2.24) is 34.0 Å². The molecule has 0 bridgehead atoms. The summed E-state index contributed by atoms with van der Waals surface area (Å²) in [5.74, 6) is 2.36. The third-order valence-corrected chi connectivity index (χ3v) is 7.77. The van der Waals surface area contributed by atoms with Crippen LogP contribution in [0.25, 0.3) is 28.1 Å². The Kier molecular flexibility index (Phi) is 6.47. The van der Waals surface area contributed by atoms with Gasteiger partial charge in [-0.2, -0.15) is 15.0 Å². The first-order chi connectivity index (χ1) is 18.3. The molecule has 0 radical (unpaired) electrons. The molecule has 0 atom stereocenters. The van der Waals surface area contributed by atoms with E-state index in [1.54, 1.807) is 0 Å². The van der Waals surface area contributed by atoms with Crippen LogP contribution in [0, 0.1) is 0 Å². The van der Waals surface area contributed by atoms with Gasteiger partial charge in [0.05, 0.1) is 24.2 Å². The second kappa shape index (κ2) is 9.81. The largest absolute Gasteiger partial charge is 0.461 e. The van der Waals surface area contributed by atoms with Crippen LogP contribution in [0.2, 0.25) is 0 Å². The number of benzene rings is 1. The Bertz CT molecular complexity index is 1440. The van der Waals surface area contributed by atoms with E-state index in [4.69, 9.17) is 29.4 Å². The quantitative estimate of drug-likeness (QED) is 0.395. The lowest BCUT2D eigenvalue weighted by Gasteiger charge is -2.40. The predicted octanol–water partition coefficient (Wildman–Crippen LogP) is 3.74. The van der Waals surface area contributed by atoms with Gasteiger partial charge in [-0.05, 0) is 45.7 Å². The number of anilines is 1. The van der Waals surface area contributed by atoms with Gasteiger partial charge in [0.2, 0.25) is 5.95 Å². The Morgan fingerprint density at radius 3 is 2.42 bits per heavy atom. The fourth-order valence-electron chi connectivity index (χ4n) is 5.55. The van der Waals surface area contributed by atoms with Crippen molar-refractivity contribution in [3.05, 3.63) is 30.1 Å². The van der Waals surface area contributed by atoms with Crippen molar-refractivity contribution in [3.8, 4) is 12.0 Å². The highest BCUT2D eigenvalue weighted by atomic mass is 16.5. The molecule has 3 aromatic heterocycles. The number of para-hydroxylation sites is 2. The summed E-state index contributed by atoms with van der Waals surface area (Å²) in [6.07, 6.45) is 2.87. The first-order valence-electron chi connectivity index (χ1n) is 13.8. The van der Waals surface area contributed by atoms with Gasteiger partial charge < -0.3 is 14.4 Å². The Morgan fingerprint density at radius 1 is 0.974 bits per heavy atom. The Balaban J connectivity index is 1.42. The lowest BCUT2D eigenvalue weighted by molar-refractivity contribution is 0.0440. The molecule has 4 aromatic rings. The molecule has 1 aromatic carbocycles. The molecule has 0 saturated carbocycles. The van der Waals surface area contributed by atoms with Gasteiger partial charge in [-0.15, -0.1) is 0 Å². The summed E-state index contributed by atoms with van der Waals surface area (Å²) in [7, 11) is 1.99. The SMILES string of the molecule is CCc1nc2ccccc2n1-c1nc(N2CCOCC2)c2nc(OC3CCN(C(C)(C)C)CC3)n(C)c2n1. The van der Waals surface area contributed by atoms with Crippen LogP contribution in [0.1, 0.15) is 46.4 Å². The first-order valence-corrected chi connectivity index (χ1v) is 13.8. The van der Waals surface area contributed by atoms with Crippen LogP contribution in [-0.4, -0.2) is 85.0 Å². The van der Waals surface area contributed by atoms with Gasteiger partial charge >= 0.3 is 0 Å². The number of morpholine rings is 1. The van der Waals surface area contributed by atoms with E-state index in [9.17, 15) is 0 Å². The average molecular weight is 519 g/mol. The van der Waals surface area contributed by atoms with Gasteiger partial charge in [-0.3, -0.25) is 14.0 Å². The number of aromatic nitrogens is 6. The van der Waals surface area contributed by atoms with Crippen LogP contribution in [0.3, 0.4) is 0 Å². The maximum Gasteiger partial charge on any atom is 0.298 e. The normalized spacial score (nSPS) is 18.1. The molecule has 202 valence electrons. The van der Waals surface area contributed by atoms with Gasteiger partial charge in [-0.1, -0.05) is 19.1 Å². The maximum atomic E-state index is 6.52. The van der Waals surface area contributed by atoms with Crippen molar-refractivity contribution >= 4 is 28.0 Å². The zero-order valence-corrected chi connectivity index (χ0v) is 23.1. The van der Waals surface area contributed by atoms with Crippen LogP contribution in [0.4, 0.5) is 5.82 Å². The molecule has 0 aliphatic carbocycles. The number of imidazole rings is 2. The molecule has 6 rings (SSSR count). The second-order valence-electron chi connectivity index (χ2n) is 11.3. The number of hydrogen-bond donors (Lipinski definition) is 0. The molecule has 5 heterocycles. The fraction of sp³-hybridized carbons (Fsp3) is 0.571. The zero-order valence-electron chi connectivity index (χ0n) is 23.1. The summed E-state index contributed by atoms with van der Waals surface area (Å²) in [6.45, 7) is 13.8. The Labute approximate surface area is 223 Å². The van der Waals surface area contributed by atoms with Gasteiger partial charge in [0.25, 0.3) is 6.01 Å². The zero-order chi connectivity index (χ0) is 26.4. The lowest BCUT2D eigenvalue weighted by Crippen LogP contribution is -2.48.